The van der Waals surface area contributed by atoms with Crippen LogP contribution in [-0.2, 0) is 0 Å². The summed E-state index contributed by atoms with van der Waals surface area (Å²) in [6.07, 6.45) is 0. The van der Waals surface area contributed by atoms with Crippen molar-refractivity contribution < 1.29 is 8.83 Å². The first-order chi connectivity index (χ1) is 29.7. The minimum atomic E-state index is 0.268. The Labute approximate surface area is 355 Å². The SMILES string of the molecule is Cc1cccc(C)c1N(c1ccccc1)c1ccc2cc3c(cc2c1)oc1c3cc(C(C)C)c2c3cc4ccc(N(c5ccccc5)c5c(C)cccc5C)cc4cc3oc12. The van der Waals surface area contributed by atoms with Crippen molar-refractivity contribution >= 4 is 99.5 Å². The van der Waals surface area contributed by atoms with E-state index in [2.05, 4.69) is 215 Å². The Kier molecular flexibility index (Phi) is 8.54. The largest absolute Gasteiger partial charge is 0.452 e. The summed E-state index contributed by atoms with van der Waals surface area (Å²) in [5.74, 6) is 0.268. The van der Waals surface area contributed by atoms with Crippen LogP contribution in [0.3, 0.4) is 0 Å². The fraction of sp³-hybridized carbons (Fsp3) is 0.123. The molecule has 0 saturated heterocycles. The van der Waals surface area contributed by atoms with Crippen molar-refractivity contribution in [1.82, 2.24) is 0 Å². The number of hydrogen-bond acceptors (Lipinski definition) is 4. The number of rotatable bonds is 7. The molecule has 2 aromatic heterocycles. The Bertz CT molecular complexity index is 3460. The normalized spacial score (nSPS) is 11.9. The lowest BCUT2D eigenvalue weighted by Gasteiger charge is -2.29. The van der Waals surface area contributed by atoms with Gasteiger partial charge in [0.2, 0.25) is 0 Å². The van der Waals surface area contributed by atoms with Crippen LogP contribution in [0.25, 0.3) is 65.4 Å². The molecule has 0 saturated carbocycles. The second-order valence-electron chi connectivity index (χ2n) is 17.0. The number of nitrogens with zero attached hydrogens (tertiary/aromatic N) is 2. The Hall–Kier alpha value is -7.30. The van der Waals surface area contributed by atoms with Crippen molar-refractivity contribution in [3.63, 3.8) is 0 Å². The maximum atomic E-state index is 6.96. The van der Waals surface area contributed by atoms with Gasteiger partial charge in [-0.1, -0.05) is 98.8 Å². The van der Waals surface area contributed by atoms with Crippen LogP contribution in [0, 0.1) is 27.7 Å². The standard InChI is InChI=1S/C57H46N2O2/c1-34(2)47-33-49-48-29-39-23-25-45(58(43-19-9-7-10-20-43)54-35(3)15-13-16-36(54)4)27-41(39)31-51(48)60-56(49)57-53(47)50-30-40-24-26-46(28-42(40)32-52(50)61-57)59(44-21-11-8-12-22-44)55-37(5)17-14-18-38(55)6/h7-34H,1-6H3. The van der Waals surface area contributed by atoms with Gasteiger partial charge >= 0.3 is 0 Å². The maximum Gasteiger partial charge on any atom is 0.178 e. The monoisotopic (exact) mass is 790 g/mol. The number of fused-ring (bicyclic) bond motifs is 9. The van der Waals surface area contributed by atoms with Gasteiger partial charge < -0.3 is 18.6 Å². The number of para-hydroxylation sites is 4. The molecule has 0 bridgehead atoms. The molecule has 4 heteroatoms. The fourth-order valence-electron chi connectivity index (χ4n) is 9.68. The number of benzene rings is 9. The molecule has 2 heterocycles. The van der Waals surface area contributed by atoms with Crippen LogP contribution in [0.15, 0.2) is 173 Å². The zero-order valence-electron chi connectivity index (χ0n) is 35.4. The van der Waals surface area contributed by atoms with Gasteiger partial charge in [0.15, 0.2) is 11.2 Å². The van der Waals surface area contributed by atoms with Crippen LogP contribution in [0.2, 0.25) is 0 Å². The lowest BCUT2D eigenvalue weighted by Crippen LogP contribution is -2.12. The van der Waals surface area contributed by atoms with Crippen molar-refractivity contribution in [2.75, 3.05) is 9.80 Å². The zero-order valence-corrected chi connectivity index (χ0v) is 35.4. The average Bonchev–Trinajstić information content (AvgIpc) is 3.82. The van der Waals surface area contributed by atoms with Gasteiger partial charge in [0, 0.05) is 44.3 Å². The van der Waals surface area contributed by atoms with E-state index in [4.69, 9.17) is 8.83 Å². The third-order valence-corrected chi connectivity index (χ3v) is 12.6. The van der Waals surface area contributed by atoms with E-state index in [0.29, 0.717) is 0 Å². The Morgan fingerprint density at radius 1 is 0.377 bits per heavy atom. The van der Waals surface area contributed by atoms with E-state index in [1.807, 2.05) is 0 Å². The van der Waals surface area contributed by atoms with Crippen molar-refractivity contribution in [3.05, 3.63) is 192 Å². The summed E-state index contributed by atoms with van der Waals surface area (Å²) < 4.78 is 13.9. The lowest BCUT2D eigenvalue weighted by atomic mass is 9.94. The molecular weight excluding hydrogens is 745 g/mol. The molecular formula is C57H46N2O2. The molecule has 9 aromatic carbocycles. The molecule has 0 spiro atoms. The molecule has 11 rings (SSSR count). The molecule has 0 aliphatic carbocycles. The second-order valence-corrected chi connectivity index (χ2v) is 17.0. The highest BCUT2D eigenvalue weighted by Gasteiger charge is 2.24. The molecule has 296 valence electrons. The van der Waals surface area contributed by atoms with Gasteiger partial charge in [-0.15, -0.1) is 0 Å². The summed E-state index contributed by atoms with van der Waals surface area (Å²) in [5, 5.41) is 8.98. The van der Waals surface area contributed by atoms with Gasteiger partial charge in [0.25, 0.3) is 0 Å². The number of hydrogen-bond donors (Lipinski definition) is 0. The highest BCUT2D eigenvalue weighted by Crippen LogP contribution is 2.47. The first kappa shape index (κ1) is 36.8. The Balaban J connectivity index is 1.08. The van der Waals surface area contributed by atoms with Gasteiger partial charge in [-0.25, -0.2) is 0 Å². The van der Waals surface area contributed by atoms with E-state index in [0.717, 1.165) is 82.8 Å². The summed E-state index contributed by atoms with van der Waals surface area (Å²) in [7, 11) is 0. The van der Waals surface area contributed by atoms with E-state index in [-0.39, 0.29) is 5.92 Å². The van der Waals surface area contributed by atoms with Crippen molar-refractivity contribution in [3.8, 4) is 0 Å². The molecule has 11 aromatic rings. The zero-order chi connectivity index (χ0) is 41.5. The van der Waals surface area contributed by atoms with Gasteiger partial charge in [-0.2, -0.15) is 0 Å². The minimum Gasteiger partial charge on any atom is -0.452 e. The number of furan rings is 2. The summed E-state index contributed by atoms with van der Waals surface area (Å²) in [5.41, 5.74) is 16.3. The predicted octanol–water partition coefficient (Wildman–Crippen LogP) is 17.1. The molecule has 0 radical (unpaired) electrons. The van der Waals surface area contributed by atoms with Crippen LogP contribution in [0.4, 0.5) is 34.1 Å². The number of aryl methyl sites for hydroxylation is 4. The summed E-state index contributed by atoms with van der Waals surface area (Å²) in [6, 6.07) is 59.2. The van der Waals surface area contributed by atoms with Gasteiger partial charge in [-0.05, 0) is 162 Å². The van der Waals surface area contributed by atoms with Crippen LogP contribution in [-0.4, -0.2) is 0 Å². The maximum absolute atomic E-state index is 6.96. The van der Waals surface area contributed by atoms with E-state index >= 15 is 0 Å². The molecule has 0 N–H and O–H groups in total. The molecule has 0 atom stereocenters. The van der Waals surface area contributed by atoms with E-state index in [1.54, 1.807) is 0 Å². The van der Waals surface area contributed by atoms with Crippen molar-refractivity contribution in [1.29, 1.82) is 0 Å². The lowest BCUT2D eigenvalue weighted by molar-refractivity contribution is 0.633. The first-order valence-electron chi connectivity index (χ1n) is 21.3. The Morgan fingerprint density at radius 2 is 0.836 bits per heavy atom. The third-order valence-electron chi connectivity index (χ3n) is 12.6. The highest BCUT2D eigenvalue weighted by atomic mass is 16.4. The topological polar surface area (TPSA) is 32.8 Å². The molecule has 4 nitrogen and oxygen atoms in total. The smallest absolute Gasteiger partial charge is 0.178 e. The molecule has 0 amide bonds. The minimum absolute atomic E-state index is 0.268. The molecule has 0 aliphatic heterocycles. The predicted molar refractivity (Wildman–Crippen MR) is 258 cm³/mol. The van der Waals surface area contributed by atoms with E-state index < -0.39 is 0 Å². The molecule has 61 heavy (non-hydrogen) atoms. The van der Waals surface area contributed by atoms with Crippen LogP contribution >= 0.6 is 0 Å². The van der Waals surface area contributed by atoms with Crippen LogP contribution in [0.1, 0.15) is 47.6 Å². The quantitative estimate of drug-likeness (QED) is 0.161. The molecule has 0 aliphatic rings. The third kappa shape index (κ3) is 5.96. The highest BCUT2D eigenvalue weighted by molar-refractivity contribution is 6.23. The summed E-state index contributed by atoms with van der Waals surface area (Å²) >= 11 is 0. The van der Waals surface area contributed by atoms with Crippen LogP contribution in [0.5, 0.6) is 0 Å². The van der Waals surface area contributed by atoms with E-state index in [9.17, 15) is 0 Å². The second kappa shape index (κ2) is 14.2. The average molecular weight is 791 g/mol. The molecule has 0 unspecified atom stereocenters. The van der Waals surface area contributed by atoms with Crippen LogP contribution < -0.4 is 9.80 Å². The van der Waals surface area contributed by atoms with Gasteiger partial charge in [0.05, 0.1) is 11.4 Å². The molecule has 0 fully saturated rings. The fourth-order valence-corrected chi connectivity index (χ4v) is 9.68. The van der Waals surface area contributed by atoms with Crippen molar-refractivity contribution in [2.24, 2.45) is 0 Å². The Morgan fingerprint density at radius 3 is 1.33 bits per heavy atom. The van der Waals surface area contributed by atoms with E-state index in [1.165, 1.54) is 44.6 Å². The number of anilines is 6. The van der Waals surface area contributed by atoms with Gasteiger partial charge in [-0.3, -0.25) is 0 Å². The summed E-state index contributed by atoms with van der Waals surface area (Å²) in [4.78, 5) is 4.74. The van der Waals surface area contributed by atoms with Crippen molar-refractivity contribution in [2.45, 2.75) is 47.5 Å². The first-order valence-corrected chi connectivity index (χ1v) is 21.3. The van der Waals surface area contributed by atoms with Gasteiger partial charge in [0.1, 0.15) is 11.2 Å². The summed E-state index contributed by atoms with van der Waals surface area (Å²) in [6.45, 7) is 13.3.